The molecular formula is C15H20FNO. The van der Waals surface area contributed by atoms with E-state index in [0.717, 1.165) is 24.8 Å². The lowest BCUT2D eigenvalue weighted by atomic mass is 9.79. The third-order valence-electron chi connectivity index (χ3n) is 4.64. The van der Waals surface area contributed by atoms with Crippen molar-refractivity contribution in [2.75, 3.05) is 0 Å². The van der Waals surface area contributed by atoms with Crippen LogP contribution in [0.1, 0.15) is 50.6 Å². The maximum Gasteiger partial charge on any atom is 0.127 e. The number of rotatable bonds is 1. The first-order valence-electron chi connectivity index (χ1n) is 6.88. The molecule has 1 aromatic rings. The zero-order valence-electron chi connectivity index (χ0n) is 10.8. The SMILES string of the molecule is CCC1CCCC12C[C@@H](N)c1ccc(F)cc1O2. The second-order valence-electron chi connectivity index (χ2n) is 5.66. The summed E-state index contributed by atoms with van der Waals surface area (Å²) in [5.41, 5.74) is 7.07. The van der Waals surface area contributed by atoms with Crippen LogP contribution in [0.4, 0.5) is 4.39 Å². The Labute approximate surface area is 107 Å². The highest BCUT2D eigenvalue weighted by atomic mass is 19.1. The highest BCUT2D eigenvalue weighted by Gasteiger charge is 2.48. The third-order valence-corrected chi connectivity index (χ3v) is 4.64. The summed E-state index contributed by atoms with van der Waals surface area (Å²) in [6, 6.07) is 4.69. The molecule has 1 saturated carbocycles. The maximum atomic E-state index is 13.4. The van der Waals surface area contributed by atoms with Gasteiger partial charge in [0.15, 0.2) is 0 Å². The smallest absolute Gasteiger partial charge is 0.127 e. The normalized spacial score (nSPS) is 34.4. The van der Waals surface area contributed by atoms with Crippen LogP contribution in [0, 0.1) is 11.7 Å². The molecule has 1 aromatic carbocycles. The van der Waals surface area contributed by atoms with E-state index in [2.05, 4.69) is 6.92 Å². The van der Waals surface area contributed by atoms with Gasteiger partial charge < -0.3 is 10.5 Å². The quantitative estimate of drug-likeness (QED) is 0.826. The average Bonchev–Trinajstić information content (AvgIpc) is 2.70. The van der Waals surface area contributed by atoms with Crippen molar-refractivity contribution in [3.05, 3.63) is 29.6 Å². The minimum atomic E-state index is -0.246. The van der Waals surface area contributed by atoms with E-state index in [1.54, 1.807) is 6.07 Å². The van der Waals surface area contributed by atoms with E-state index in [4.69, 9.17) is 10.5 Å². The molecule has 2 N–H and O–H groups in total. The molecule has 0 amide bonds. The summed E-state index contributed by atoms with van der Waals surface area (Å²) in [4.78, 5) is 0. The molecule has 1 heterocycles. The summed E-state index contributed by atoms with van der Waals surface area (Å²) < 4.78 is 19.6. The van der Waals surface area contributed by atoms with Gasteiger partial charge in [0.05, 0.1) is 0 Å². The molecule has 1 aliphatic carbocycles. The van der Waals surface area contributed by atoms with Crippen LogP contribution in [-0.2, 0) is 0 Å². The van der Waals surface area contributed by atoms with Gasteiger partial charge in [-0.15, -0.1) is 0 Å². The first-order valence-corrected chi connectivity index (χ1v) is 6.88. The molecule has 1 spiro atoms. The van der Waals surface area contributed by atoms with Gasteiger partial charge in [0, 0.05) is 24.1 Å². The van der Waals surface area contributed by atoms with Crippen LogP contribution < -0.4 is 10.5 Å². The predicted octanol–water partition coefficient (Wildman–Crippen LogP) is 3.56. The molecule has 0 radical (unpaired) electrons. The Hall–Kier alpha value is -1.09. The van der Waals surface area contributed by atoms with E-state index in [-0.39, 0.29) is 17.5 Å². The molecule has 3 atom stereocenters. The van der Waals surface area contributed by atoms with Gasteiger partial charge in [-0.25, -0.2) is 4.39 Å². The third kappa shape index (κ3) is 1.72. The van der Waals surface area contributed by atoms with E-state index in [9.17, 15) is 4.39 Å². The van der Waals surface area contributed by atoms with Gasteiger partial charge in [-0.05, 0) is 37.7 Å². The van der Waals surface area contributed by atoms with Crippen LogP contribution in [-0.4, -0.2) is 5.60 Å². The molecule has 0 aromatic heterocycles. The van der Waals surface area contributed by atoms with Gasteiger partial charge in [-0.2, -0.15) is 0 Å². The summed E-state index contributed by atoms with van der Waals surface area (Å²) in [7, 11) is 0. The molecule has 3 rings (SSSR count). The Kier molecular flexibility index (Phi) is 2.81. The van der Waals surface area contributed by atoms with Gasteiger partial charge in [-0.1, -0.05) is 13.0 Å². The molecule has 98 valence electrons. The number of benzene rings is 1. The molecule has 18 heavy (non-hydrogen) atoms. The first-order chi connectivity index (χ1) is 8.64. The fourth-order valence-corrected chi connectivity index (χ4v) is 3.74. The number of nitrogens with two attached hydrogens (primary N) is 1. The van der Waals surface area contributed by atoms with Crippen molar-refractivity contribution in [2.45, 2.75) is 50.7 Å². The molecule has 0 bridgehead atoms. The Bertz CT molecular complexity index is 462. The minimum Gasteiger partial charge on any atom is -0.486 e. The highest BCUT2D eigenvalue weighted by Crippen LogP contribution is 2.50. The van der Waals surface area contributed by atoms with E-state index in [1.807, 2.05) is 0 Å². The summed E-state index contributed by atoms with van der Waals surface area (Å²) >= 11 is 0. The summed E-state index contributed by atoms with van der Waals surface area (Å²) in [5, 5.41) is 0. The van der Waals surface area contributed by atoms with Crippen molar-refractivity contribution in [3.63, 3.8) is 0 Å². The van der Waals surface area contributed by atoms with Crippen LogP contribution in [0.3, 0.4) is 0 Å². The molecule has 2 aliphatic rings. The van der Waals surface area contributed by atoms with Crippen molar-refractivity contribution in [2.24, 2.45) is 11.7 Å². The summed E-state index contributed by atoms with van der Waals surface area (Å²) in [6.07, 6.45) is 5.42. The van der Waals surface area contributed by atoms with Crippen molar-refractivity contribution in [1.29, 1.82) is 0 Å². The summed E-state index contributed by atoms with van der Waals surface area (Å²) in [5.74, 6) is 0.970. The largest absolute Gasteiger partial charge is 0.486 e. The van der Waals surface area contributed by atoms with E-state index < -0.39 is 0 Å². The fourth-order valence-electron chi connectivity index (χ4n) is 3.74. The lowest BCUT2D eigenvalue weighted by Gasteiger charge is -2.42. The Morgan fingerprint density at radius 1 is 1.50 bits per heavy atom. The minimum absolute atomic E-state index is 0.0264. The number of hydrogen-bond donors (Lipinski definition) is 1. The molecular weight excluding hydrogens is 229 g/mol. The van der Waals surface area contributed by atoms with Gasteiger partial charge >= 0.3 is 0 Å². The number of fused-ring (bicyclic) bond motifs is 1. The van der Waals surface area contributed by atoms with E-state index >= 15 is 0 Å². The predicted molar refractivity (Wildman–Crippen MR) is 68.9 cm³/mol. The Balaban J connectivity index is 1.99. The number of halogens is 1. The molecule has 0 saturated heterocycles. The first kappa shape index (κ1) is 12.0. The number of hydrogen-bond acceptors (Lipinski definition) is 2. The van der Waals surface area contributed by atoms with Crippen LogP contribution in [0.15, 0.2) is 18.2 Å². The highest BCUT2D eigenvalue weighted by molar-refractivity contribution is 5.39. The van der Waals surface area contributed by atoms with E-state index in [0.29, 0.717) is 11.7 Å². The average molecular weight is 249 g/mol. The van der Waals surface area contributed by atoms with E-state index in [1.165, 1.54) is 25.0 Å². The lowest BCUT2D eigenvalue weighted by molar-refractivity contribution is -0.00124. The van der Waals surface area contributed by atoms with Crippen LogP contribution in [0.5, 0.6) is 5.75 Å². The molecule has 2 nitrogen and oxygen atoms in total. The fraction of sp³-hybridized carbons (Fsp3) is 0.600. The van der Waals surface area contributed by atoms with Crippen molar-refractivity contribution >= 4 is 0 Å². The van der Waals surface area contributed by atoms with Crippen molar-refractivity contribution in [1.82, 2.24) is 0 Å². The lowest BCUT2D eigenvalue weighted by Crippen LogP contribution is -2.45. The zero-order valence-corrected chi connectivity index (χ0v) is 10.8. The maximum absolute atomic E-state index is 13.4. The Morgan fingerprint density at radius 2 is 2.33 bits per heavy atom. The standard InChI is InChI=1S/C15H20FNO/c1-2-10-4-3-7-15(10)9-13(17)12-6-5-11(16)8-14(12)18-15/h5-6,8,10,13H,2-4,7,9,17H2,1H3/t10?,13-,15?/m1/s1. The second kappa shape index (κ2) is 4.23. The second-order valence-corrected chi connectivity index (χ2v) is 5.66. The Morgan fingerprint density at radius 3 is 3.11 bits per heavy atom. The number of ether oxygens (including phenoxy) is 1. The van der Waals surface area contributed by atoms with Gasteiger partial charge in [-0.3, -0.25) is 0 Å². The van der Waals surface area contributed by atoms with Crippen LogP contribution in [0.2, 0.25) is 0 Å². The topological polar surface area (TPSA) is 35.2 Å². The molecule has 1 fully saturated rings. The summed E-state index contributed by atoms with van der Waals surface area (Å²) in [6.45, 7) is 2.20. The molecule has 1 aliphatic heterocycles. The molecule has 3 heteroatoms. The van der Waals surface area contributed by atoms with Crippen LogP contribution in [0.25, 0.3) is 0 Å². The van der Waals surface area contributed by atoms with Crippen molar-refractivity contribution < 1.29 is 9.13 Å². The van der Waals surface area contributed by atoms with Crippen LogP contribution >= 0.6 is 0 Å². The van der Waals surface area contributed by atoms with Gasteiger partial charge in [0.25, 0.3) is 0 Å². The van der Waals surface area contributed by atoms with Gasteiger partial charge in [0.1, 0.15) is 17.2 Å². The monoisotopic (exact) mass is 249 g/mol. The van der Waals surface area contributed by atoms with Gasteiger partial charge in [0.2, 0.25) is 0 Å². The zero-order chi connectivity index (χ0) is 12.8. The van der Waals surface area contributed by atoms with Crippen molar-refractivity contribution in [3.8, 4) is 5.75 Å². The molecule has 2 unspecified atom stereocenters.